The van der Waals surface area contributed by atoms with Gasteiger partial charge in [-0.25, -0.2) is 4.98 Å². The quantitative estimate of drug-likeness (QED) is 0.755. The summed E-state index contributed by atoms with van der Waals surface area (Å²) in [7, 11) is 1.79. The lowest BCUT2D eigenvalue weighted by Gasteiger charge is -2.15. The summed E-state index contributed by atoms with van der Waals surface area (Å²) >= 11 is 0. The number of nitrogens with zero attached hydrogens (tertiary/aromatic N) is 2. The Morgan fingerprint density at radius 2 is 1.95 bits per heavy atom. The van der Waals surface area contributed by atoms with Gasteiger partial charge in [-0.3, -0.25) is 0 Å². The van der Waals surface area contributed by atoms with Gasteiger partial charge in [0.2, 0.25) is 5.95 Å². The van der Waals surface area contributed by atoms with Crippen molar-refractivity contribution >= 4 is 22.7 Å². The number of para-hydroxylation sites is 1. The fourth-order valence-corrected chi connectivity index (χ4v) is 2.17. The van der Waals surface area contributed by atoms with Crippen molar-refractivity contribution in [2.24, 2.45) is 5.92 Å². The molecule has 108 valence electrons. The minimum atomic E-state index is -0.373. The van der Waals surface area contributed by atoms with Crippen LogP contribution in [0, 0.1) is 5.92 Å². The average molecular weight is 274 g/mol. The molecule has 5 heteroatoms. The molecule has 2 rings (SSSR count). The van der Waals surface area contributed by atoms with E-state index < -0.39 is 0 Å². The molecule has 1 atom stereocenters. The molecule has 0 aliphatic carbocycles. The van der Waals surface area contributed by atoms with Crippen LogP contribution in [0.15, 0.2) is 24.3 Å². The molecule has 1 aromatic heterocycles. The molecule has 20 heavy (non-hydrogen) atoms. The summed E-state index contributed by atoms with van der Waals surface area (Å²) in [4.78, 5) is 8.83. The maximum absolute atomic E-state index is 9.96. The van der Waals surface area contributed by atoms with E-state index in [1.807, 2.05) is 24.3 Å². The van der Waals surface area contributed by atoms with Crippen LogP contribution >= 0.6 is 0 Å². The Bertz CT molecular complexity index is 571. The van der Waals surface area contributed by atoms with Gasteiger partial charge in [0.05, 0.1) is 11.6 Å². The summed E-state index contributed by atoms with van der Waals surface area (Å²) in [6, 6.07) is 7.84. The van der Waals surface area contributed by atoms with Gasteiger partial charge in [0.15, 0.2) is 0 Å². The molecule has 0 aliphatic rings. The zero-order chi connectivity index (χ0) is 14.5. The highest BCUT2D eigenvalue weighted by molar-refractivity contribution is 5.89. The third-order valence-electron chi connectivity index (χ3n) is 3.08. The van der Waals surface area contributed by atoms with Gasteiger partial charge in [0, 0.05) is 19.0 Å². The first-order chi connectivity index (χ1) is 9.60. The minimum absolute atomic E-state index is 0.373. The number of anilines is 2. The molecule has 0 fully saturated rings. The molecule has 5 nitrogen and oxygen atoms in total. The number of benzene rings is 1. The van der Waals surface area contributed by atoms with E-state index in [1.54, 1.807) is 7.05 Å². The Hall–Kier alpha value is -1.88. The standard InChI is InChI=1S/C15H22N4O/c1-10(2)8-11(20)9-17-14-12-6-4-5-7-13(12)18-15(16-3)19-14/h4-7,10-11,20H,8-9H2,1-3H3,(H2,16,17,18,19). The summed E-state index contributed by atoms with van der Waals surface area (Å²) < 4.78 is 0. The molecule has 0 aliphatic heterocycles. The molecule has 1 unspecified atom stereocenters. The van der Waals surface area contributed by atoms with Crippen LogP contribution < -0.4 is 10.6 Å². The molecule has 3 N–H and O–H groups in total. The Balaban J connectivity index is 2.20. The minimum Gasteiger partial charge on any atom is -0.391 e. The van der Waals surface area contributed by atoms with Gasteiger partial charge in [-0.2, -0.15) is 4.98 Å². The maximum atomic E-state index is 9.96. The van der Waals surface area contributed by atoms with Crippen molar-refractivity contribution in [3.05, 3.63) is 24.3 Å². The molecular formula is C15H22N4O. The lowest BCUT2D eigenvalue weighted by Crippen LogP contribution is -2.22. The third kappa shape index (κ3) is 3.57. The summed E-state index contributed by atoms with van der Waals surface area (Å²) in [6.45, 7) is 4.69. The number of aliphatic hydroxyl groups excluding tert-OH is 1. The number of hydrogen-bond acceptors (Lipinski definition) is 5. The predicted molar refractivity (Wildman–Crippen MR) is 83.0 cm³/mol. The van der Waals surface area contributed by atoms with Crippen LogP contribution in [0.5, 0.6) is 0 Å². The van der Waals surface area contributed by atoms with Crippen molar-refractivity contribution < 1.29 is 5.11 Å². The molecule has 1 aromatic carbocycles. The maximum Gasteiger partial charge on any atom is 0.224 e. The average Bonchev–Trinajstić information content (AvgIpc) is 2.43. The van der Waals surface area contributed by atoms with Crippen molar-refractivity contribution in [2.45, 2.75) is 26.4 Å². The number of hydrogen-bond donors (Lipinski definition) is 3. The summed E-state index contributed by atoms with van der Waals surface area (Å²) in [5.74, 6) is 1.80. The molecule has 0 bridgehead atoms. The number of fused-ring (bicyclic) bond motifs is 1. The van der Waals surface area contributed by atoms with Crippen LogP contribution in [-0.2, 0) is 0 Å². The Morgan fingerprint density at radius 1 is 1.20 bits per heavy atom. The highest BCUT2D eigenvalue weighted by atomic mass is 16.3. The highest BCUT2D eigenvalue weighted by Gasteiger charge is 2.10. The van der Waals surface area contributed by atoms with E-state index in [-0.39, 0.29) is 6.10 Å². The lowest BCUT2D eigenvalue weighted by atomic mass is 10.1. The smallest absolute Gasteiger partial charge is 0.224 e. The van der Waals surface area contributed by atoms with Gasteiger partial charge < -0.3 is 15.7 Å². The predicted octanol–water partition coefficient (Wildman–Crippen LogP) is 2.49. The second kappa shape index (κ2) is 6.52. The second-order valence-electron chi connectivity index (χ2n) is 5.33. The fraction of sp³-hybridized carbons (Fsp3) is 0.467. The van der Waals surface area contributed by atoms with Crippen LogP contribution in [0.4, 0.5) is 11.8 Å². The van der Waals surface area contributed by atoms with Crippen LogP contribution in [0.2, 0.25) is 0 Å². The number of aromatic nitrogens is 2. The largest absolute Gasteiger partial charge is 0.391 e. The highest BCUT2D eigenvalue weighted by Crippen LogP contribution is 2.21. The molecule has 2 aromatic rings. The monoisotopic (exact) mass is 274 g/mol. The Labute approximate surface area is 119 Å². The first-order valence-corrected chi connectivity index (χ1v) is 6.96. The van der Waals surface area contributed by atoms with Crippen LogP contribution in [-0.4, -0.2) is 34.8 Å². The Morgan fingerprint density at radius 3 is 2.65 bits per heavy atom. The van der Waals surface area contributed by atoms with E-state index in [1.165, 1.54) is 0 Å². The Kier molecular flexibility index (Phi) is 4.74. The molecule has 0 amide bonds. The zero-order valence-corrected chi connectivity index (χ0v) is 12.2. The van der Waals surface area contributed by atoms with E-state index in [2.05, 4.69) is 34.4 Å². The van der Waals surface area contributed by atoms with E-state index in [0.29, 0.717) is 18.4 Å². The summed E-state index contributed by atoms with van der Waals surface area (Å²) in [5.41, 5.74) is 0.882. The van der Waals surface area contributed by atoms with Gasteiger partial charge in [0.25, 0.3) is 0 Å². The van der Waals surface area contributed by atoms with Crippen molar-refractivity contribution in [1.29, 1.82) is 0 Å². The van der Waals surface area contributed by atoms with Crippen LogP contribution in [0.1, 0.15) is 20.3 Å². The molecule has 0 radical (unpaired) electrons. The second-order valence-corrected chi connectivity index (χ2v) is 5.33. The molecule has 0 spiro atoms. The molecule has 1 heterocycles. The normalized spacial score (nSPS) is 12.7. The summed E-state index contributed by atoms with van der Waals surface area (Å²) in [5, 5.41) is 17.1. The van der Waals surface area contributed by atoms with Gasteiger partial charge in [-0.15, -0.1) is 0 Å². The van der Waals surface area contributed by atoms with E-state index in [0.717, 1.165) is 23.1 Å². The van der Waals surface area contributed by atoms with E-state index >= 15 is 0 Å². The topological polar surface area (TPSA) is 70.1 Å². The first kappa shape index (κ1) is 14.5. The van der Waals surface area contributed by atoms with Crippen LogP contribution in [0.3, 0.4) is 0 Å². The van der Waals surface area contributed by atoms with Crippen LogP contribution in [0.25, 0.3) is 10.9 Å². The van der Waals surface area contributed by atoms with Gasteiger partial charge in [-0.05, 0) is 24.5 Å². The number of rotatable bonds is 6. The SMILES string of the molecule is CNc1nc(NCC(O)CC(C)C)c2ccccc2n1. The van der Waals surface area contributed by atoms with E-state index in [9.17, 15) is 5.11 Å². The molecular weight excluding hydrogens is 252 g/mol. The van der Waals surface area contributed by atoms with Crippen molar-refractivity contribution in [1.82, 2.24) is 9.97 Å². The van der Waals surface area contributed by atoms with Gasteiger partial charge in [-0.1, -0.05) is 26.0 Å². The third-order valence-corrected chi connectivity index (χ3v) is 3.08. The first-order valence-electron chi connectivity index (χ1n) is 6.96. The van der Waals surface area contributed by atoms with Crippen molar-refractivity contribution in [2.75, 3.05) is 24.2 Å². The zero-order valence-electron chi connectivity index (χ0n) is 12.2. The van der Waals surface area contributed by atoms with Crippen molar-refractivity contribution in [3.63, 3.8) is 0 Å². The van der Waals surface area contributed by atoms with Gasteiger partial charge >= 0.3 is 0 Å². The fourth-order valence-electron chi connectivity index (χ4n) is 2.17. The van der Waals surface area contributed by atoms with Crippen molar-refractivity contribution in [3.8, 4) is 0 Å². The van der Waals surface area contributed by atoms with Gasteiger partial charge in [0.1, 0.15) is 5.82 Å². The summed E-state index contributed by atoms with van der Waals surface area (Å²) in [6.07, 6.45) is 0.399. The molecule has 0 saturated carbocycles. The molecule has 0 saturated heterocycles. The number of nitrogens with one attached hydrogen (secondary N) is 2. The lowest BCUT2D eigenvalue weighted by molar-refractivity contribution is 0.161. The van der Waals surface area contributed by atoms with E-state index in [4.69, 9.17) is 0 Å². The number of aliphatic hydroxyl groups is 1.